The summed E-state index contributed by atoms with van der Waals surface area (Å²) in [5.41, 5.74) is 0.608. The summed E-state index contributed by atoms with van der Waals surface area (Å²) in [6.07, 6.45) is 0.416. The third kappa shape index (κ3) is 3.27. The van der Waals surface area contributed by atoms with Crippen molar-refractivity contribution in [3.8, 4) is 0 Å². The van der Waals surface area contributed by atoms with E-state index in [2.05, 4.69) is 0 Å². The number of halogens is 2. The van der Waals surface area contributed by atoms with Gasteiger partial charge in [-0.3, -0.25) is 4.79 Å². The maximum absolute atomic E-state index is 12.8. The van der Waals surface area contributed by atoms with Gasteiger partial charge in [0, 0.05) is 13.6 Å². The zero-order valence-corrected chi connectivity index (χ0v) is 8.91. The molecule has 88 valence electrons. The number of benzene rings is 1. The highest BCUT2D eigenvalue weighted by Gasteiger charge is 2.07. The lowest BCUT2D eigenvalue weighted by Crippen LogP contribution is -2.31. The highest BCUT2D eigenvalue weighted by atomic mass is 19.2. The molecule has 0 bridgehead atoms. The second kappa shape index (κ2) is 5.55. The third-order valence-electron chi connectivity index (χ3n) is 2.28. The van der Waals surface area contributed by atoms with Crippen LogP contribution in [0.2, 0.25) is 0 Å². The fourth-order valence-electron chi connectivity index (χ4n) is 1.24. The summed E-state index contributed by atoms with van der Waals surface area (Å²) in [5.74, 6) is -2.18. The summed E-state index contributed by atoms with van der Waals surface area (Å²) in [4.78, 5) is 12.3. The third-order valence-corrected chi connectivity index (χ3v) is 2.28. The van der Waals surface area contributed by atoms with Crippen molar-refractivity contribution in [3.05, 3.63) is 35.4 Å². The van der Waals surface area contributed by atoms with E-state index in [0.29, 0.717) is 18.5 Å². The second-order valence-electron chi connectivity index (χ2n) is 3.47. The van der Waals surface area contributed by atoms with E-state index in [1.165, 1.54) is 11.0 Å². The molecule has 3 nitrogen and oxygen atoms in total. The van der Waals surface area contributed by atoms with Crippen molar-refractivity contribution in [1.29, 1.82) is 0 Å². The van der Waals surface area contributed by atoms with E-state index in [-0.39, 0.29) is 0 Å². The highest BCUT2D eigenvalue weighted by Crippen LogP contribution is 2.09. The molecule has 0 aromatic heterocycles. The summed E-state index contributed by atoms with van der Waals surface area (Å²) in [6.45, 7) is -0.196. The molecule has 0 saturated heterocycles. The van der Waals surface area contributed by atoms with Gasteiger partial charge in [-0.05, 0) is 24.1 Å². The maximum atomic E-state index is 12.8. The summed E-state index contributed by atoms with van der Waals surface area (Å²) >= 11 is 0. The average Bonchev–Trinajstić information content (AvgIpc) is 2.29. The standard InChI is InChI=1S/C11H13F2NO2/c1-14(11(16)7-15)5-4-8-2-3-9(12)10(13)6-8/h2-3,6,15H,4-5,7H2,1H3. The van der Waals surface area contributed by atoms with Crippen LogP contribution in [0.1, 0.15) is 5.56 Å². The minimum absolute atomic E-state index is 0.352. The molecule has 0 aliphatic heterocycles. The van der Waals surface area contributed by atoms with Crippen molar-refractivity contribution < 1.29 is 18.7 Å². The molecule has 0 unspecified atom stereocenters. The quantitative estimate of drug-likeness (QED) is 0.835. The van der Waals surface area contributed by atoms with Crippen LogP contribution in [0, 0.1) is 11.6 Å². The van der Waals surface area contributed by atoms with Crippen LogP contribution in [0.25, 0.3) is 0 Å². The normalized spacial score (nSPS) is 10.2. The van der Waals surface area contributed by atoms with E-state index in [9.17, 15) is 13.6 Å². The molecule has 5 heteroatoms. The molecule has 0 aliphatic carbocycles. The van der Waals surface area contributed by atoms with E-state index in [0.717, 1.165) is 12.1 Å². The highest BCUT2D eigenvalue weighted by molar-refractivity contribution is 5.76. The van der Waals surface area contributed by atoms with Gasteiger partial charge in [-0.1, -0.05) is 6.07 Å². The van der Waals surface area contributed by atoms with Crippen molar-refractivity contribution in [3.63, 3.8) is 0 Å². The summed E-state index contributed by atoms with van der Waals surface area (Å²) < 4.78 is 25.4. The van der Waals surface area contributed by atoms with Crippen LogP contribution < -0.4 is 0 Å². The first-order valence-corrected chi connectivity index (χ1v) is 4.83. The number of nitrogens with zero attached hydrogens (tertiary/aromatic N) is 1. The van der Waals surface area contributed by atoms with Gasteiger partial charge in [0.25, 0.3) is 0 Å². The molecule has 1 amide bonds. The van der Waals surface area contributed by atoms with Crippen molar-refractivity contribution >= 4 is 5.91 Å². The minimum Gasteiger partial charge on any atom is -0.387 e. The van der Waals surface area contributed by atoms with E-state index < -0.39 is 24.1 Å². The van der Waals surface area contributed by atoms with Crippen molar-refractivity contribution in [2.75, 3.05) is 20.2 Å². The Labute approximate surface area is 92.3 Å². The molecule has 1 N–H and O–H groups in total. The molecular formula is C11H13F2NO2. The van der Waals surface area contributed by atoms with Gasteiger partial charge in [0.2, 0.25) is 5.91 Å². The Balaban J connectivity index is 2.55. The van der Waals surface area contributed by atoms with Gasteiger partial charge in [0.15, 0.2) is 11.6 Å². The number of likely N-dealkylation sites (N-methyl/N-ethyl adjacent to an activating group) is 1. The summed E-state index contributed by atoms with van der Waals surface area (Å²) in [7, 11) is 1.54. The molecule has 0 aliphatic rings. The van der Waals surface area contributed by atoms with Crippen LogP contribution in [0.4, 0.5) is 8.78 Å². The first-order valence-electron chi connectivity index (χ1n) is 4.83. The number of aliphatic hydroxyl groups excluding tert-OH is 1. The van der Waals surface area contributed by atoms with Gasteiger partial charge in [0.1, 0.15) is 6.61 Å². The summed E-state index contributed by atoms with van der Waals surface area (Å²) in [5, 5.41) is 8.58. The molecule has 0 saturated carbocycles. The first kappa shape index (κ1) is 12.6. The van der Waals surface area contributed by atoms with E-state index in [4.69, 9.17) is 5.11 Å². The topological polar surface area (TPSA) is 40.5 Å². The molecule has 0 spiro atoms. The maximum Gasteiger partial charge on any atom is 0.248 e. The van der Waals surface area contributed by atoms with Crippen molar-refractivity contribution in [2.45, 2.75) is 6.42 Å². The minimum atomic E-state index is -0.895. The van der Waals surface area contributed by atoms with Crippen molar-refractivity contribution in [1.82, 2.24) is 4.90 Å². The van der Waals surface area contributed by atoms with E-state index in [1.807, 2.05) is 0 Å². The van der Waals surface area contributed by atoms with Gasteiger partial charge in [-0.25, -0.2) is 8.78 Å². The smallest absolute Gasteiger partial charge is 0.248 e. The Morgan fingerprint density at radius 3 is 2.62 bits per heavy atom. The van der Waals surface area contributed by atoms with Crippen LogP contribution >= 0.6 is 0 Å². The van der Waals surface area contributed by atoms with Crippen LogP contribution in [0.5, 0.6) is 0 Å². The lowest BCUT2D eigenvalue weighted by Gasteiger charge is -2.15. The Kier molecular flexibility index (Phi) is 4.37. The Morgan fingerprint density at radius 1 is 1.38 bits per heavy atom. The Hall–Kier alpha value is -1.49. The molecule has 0 atom stereocenters. The zero-order chi connectivity index (χ0) is 12.1. The molecule has 0 heterocycles. The number of hydrogen-bond acceptors (Lipinski definition) is 2. The second-order valence-corrected chi connectivity index (χ2v) is 3.47. The monoisotopic (exact) mass is 229 g/mol. The predicted octanol–water partition coefficient (Wildman–Crippen LogP) is 0.958. The average molecular weight is 229 g/mol. The van der Waals surface area contributed by atoms with Gasteiger partial charge >= 0.3 is 0 Å². The van der Waals surface area contributed by atoms with Crippen LogP contribution in [0.15, 0.2) is 18.2 Å². The number of aliphatic hydroxyl groups is 1. The predicted molar refractivity (Wildman–Crippen MR) is 54.8 cm³/mol. The number of amides is 1. The molecule has 1 rings (SSSR count). The van der Waals surface area contributed by atoms with E-state index >= 15 is 0 Å². The molecule has 0 fully saturated rings. The van der Waals surface area contributed by atoms with Gasteiger partial charge < -0.3 is 10.0 Å². The number of hydrogen-bond donors (Lipinski definition) is 1. The van der Waals surface area contributed by atoms with Gasteiger partial charge in [0.05, 0.1) is 0 Å². The molecular weight excluding hydrogens is 216 g/mol. The molecule has 0 radical (unpaired) electrons. The van der Waals surface area contributed by atoms with Crippen LogP contribution in [0.3, 0.4) is 0 Å². The zero-order valence-electron chi connectivity index (χ0n) is 8.91. The summed E-state index contributed by atoms with van der Waals surface area (Å²) in [6, 6.07) is 3.63. The van der Waals surface area contributed by atoms with Gasteiger partial charge in [-0.2, -0.15) is 0 Å². The molecule has 1 aromatic rings. The fourth-order valence-corrected chi connectivity index (χ4v) is 1.24. The Bertz CT molecular complexity index is 382. The lowest BCUT2D eigenvalue weighted by atomic mass is 10.1. The van der Waals surface area contributed by atoms with Crippen molar-refractivity contribution in [2.24, 2.45) is 0 Å². The number of carbonyl (C=O) groups is 1. The number of rotatable bonds is 4. The van der Waals surface area contributed by atoms with Crippen LogP contribution in [-0.4, -0.2) is 36.1 Å². The number of carbonyl (C=O) groups excluding carboxylic acids is 1. The van der Waals surface area contributed by atoms with Gasteiger partial charge in [-0.15, -0.1) is 0 Å². The fraction of sp³-hybridized carbons (Fsp3) is 0.364. The Morgan fingerprint density at radius 2 is 2.06 bits per heavy atom. The SMILES string of the molecule is CN(CCc1ccc(F)c(F)c1)C(=O)CO. The van der Waals surface area contributed by atoms with Crippen LogP contribution in [-0.2, 0) is 11.2 Å². The molecule has 1 aromatic carbocycles. The molecule has 16 heavy (non-hydrogen) atoms. The lowest BCUT2D eigenvalue weighted by molar-refractivity contribution is -0.132. The largest absolute Gasteiger partial charge is 0.387 e. The van der Waals surface area contributed by atoms with E-state index in [1.54, 1.807) is 7.05 Å². The first-order chi connectivity index (χ1) is 7.54.